The standard InChI is InChI=1S/C14H12N2O4S/c1-8(17)15-10-4-2-3-9(7-10)12(18)16-13-11(14(19)20)5-6-21-13/h2-7H,1H3,(H,15,17)(H,16,18)(H,19,20). The molecule has 0 bridgehead atoms. The first-order chi connectivity index (χ1) is 9.97. The molecule has 0 spiro atoms. The maximum atomic E-state index is 12.1. The fraction of sp³-hybridized carbons (Fsp3) is 0.0714. The fourth-order valence-electron chi connectivity index (χ4n) is 1.69. The van der Waals surface area contributed by atoms with Crippen LogP contribution in [0.2, 0.25) is 0 Å². The van der Waals surface area contributed by atoms with E-state index in [1.54, 1.807) is 23.6 Å². The topological polar surface area (TPSA) is 95.5 Å². The number of benzene rings is 1. The van der Waals surface area contributed by atoms with Gasteiger partial charge in [0, 0.05) is 18.2 Å². The summed E-state index contributed by atoms with van der Waals surface area (Å²) in [5.41, 5.74) is 0.872. The van der Waals surface area contributed by atoms with Crippen LogP contribution in [0.4, 0.5) is 10.7 Å². The molecule has 0 saturated heterocycles. The highest BCUT2D eigenvalue weighted by atomic mass is 32.1. The number of anilines is 2. The summed E-state index contributed by atoms with van der Waals surface area (Å²) in [6, 6.07) is 7.81. The molecule has 0 fully saturated rings. The molecule has 0 atom stereocenters. The first kappa shape index (κ1) is 14.7. The predicted octanol–water partition coefficient (Wildman–Crippen LogP) is 2.66. The monoisotopic (exact) mass is 304 g/mol. The van der Waals surface area contributed by atoms with Gasteiger partial charge in [0.2, 0.25) is 5.91 Å². The van der Waals surface area contributed by atoms with E-state index in [-0.39, 0.29) is 16.5 Å². The minimum absolute atomic E-state index is 0.0476. The minimum atomic E-state index is -1.10. The molecule has 0 unspecified atom stereocenters. The van der Waals surface area contributed by atoms with Crippen LogP contribution in [0.25, 0.3) is 0 Å². The van der Waals surface area contributed by atoms with Crippen molar-refractivity contribution in [2.45, 2.75) is 6.92 Å². The van der Waals surface area contributed by atoms with Crippen molar-refractivity contribution >= 4 is 39.8 Å². The van der Waals surface area contributed by atoms with Crippen molar-refractivity contribution in [3.63, 3.8) is 0 Å². The molecule has 2 amide bonds. The normalized spacial score (nSPS) is 9.95. The molecule has 0 radical (unpaired) electrons. The molecule has 2 aromatic rings. The third-order valence-corrected chi connectivity index (χ3v) is 3.40. The van der Waals surface area contributed by atoms with Crippen molar-refractivity contribution in [3.8, 4) is 0 Å². The largest absolute Gasteiger partial charge is 0.478 e. The van der Waals surface area contributed by atoms with Crippen LogP contribution < -0.4 is 10.6 Å². The van der Waals surface area contributed by atoms with Crippen LogP contribution in [0.3, 0.4) is 0 Å². The maximum absolute atomic E-state index is 12.1. The van der Waals surface area contributed by atoms with Crippen molar-refractivity contribution in [3.05, 3.63) is 46.8 Å². The third kappa shape index (κ3) is 3.67. The van der Waals surface area contributed by atoms with E-state index in [0.29, 0.717) is 11.3 Å². The van der Waals surface area contributed by atoms with Gasteiger partial charge in [0.15, 0.2) is 0 Å². The Labute approximate surface area is 124 Å². The summed E-state index contributed by atoms with van der Waals surface area (Å²) >= 11 is 1.13. The Hall–Kier alpha value is -2.67. The van der Waals surface area contributed by atoms with Gasteiger partial charge in [-0.2, -0.15) is 0 Å². The van der Waals surface area contributed by atoms with Gasteiger partial charge in [-0.1, -0.05) is 6.07 Å². The average molecular weight is 304 g/mol. The lowest BCUT2D eigenvalue weighted by Gasteiger charge is -2.07. The Morgan fingerprint density at radius 1 is 1.14 bits per heavy atom. The zero-order chi connectivity index (χ0) is 15.4. The number of rotatable bonds is 4. The van der Waals surface area contributed by atoms with Gasteiger partial charge >= 0.3 is 5.97 Å². The van der Waals surface area contributed by atoms with Gasteiger partial charge < -0.3 is 15.7 Å². The van der Waals surface area contributed by atoms with Gasteiger partial charge in [-0.05, 0) is 29.6 Å². The van der Waals surface area contributed by atoms with Gasteiger partial charge in [0.25, 0.3) is 5.91 Å². The molecule has 6 nitrogen and oxygen atoms in total. The zero-order valence-electron chi connectivity index (χ0n) is 11.0. The predicted molar refractivity (Wildman–Crippen MR) is 80.0 cm³/mol. The van der Waals surface area contributed by atoms with E-state index in [1.165, 1.54) is 19.1 Å². The molecule has 2 rings (SSSR count). The lowest BCUT2D eigenvalue weighted by Crippen LogP contribution is -2.14. The van der Waals surface area contributed by atoms with E-state index in [4.69, 9.17) is 5.11 Å². The molecule has 7 heteroatoms. The van der Waals surface area contributed by atoms with E-state index in [0.717, 1.165) is 11.3 Å². The number of thiophene rings is 1. The molecule has 0 saturated carbocycles. The first-order valence-corrected chi connectivity index (χ1v) is 6.85. The van der Waals surface area contributed by atoms with Crippen LogP contribution in [-0.2, 0) is 4.79 Å². The Bertz CT molecular complexity index is 709. The molecule has 0 aliphatic heterocycles. The number of carboxylic acids is 1. The van der Waals surface area contributed by atoms with Crippen molar-refractivity contribution < 1.29 is 19.5 Å². The zero-order valence-corrected chi connectivity index (χ0v) is 11.9. The van der Waals surface area contributed by atoms with Crippen molar-refractivity contribution in [2.24, 2.45) is 0 Å². The molecular weight excluding hydrogens is 292 g/mol. The van der Waals surface area contributed by atoms with Crippen LogP contribution in [0.5, 0.6) is 0 Å². The highest BCUT2D eigenvalue weighted by Crippen LogP contribution is 2.24. The summed E-state index contributed by atoms with van der Waals surface area (Å²) in [5, 5.41) is 16.0. The summed E-state index contributed by atoms with van der Waals surface area (Å²) in [6.45, 7) is 1.37. The number of carbonyl (C=O) groups excluding carboxylic acids is 2. The number of carbonyl (C=O) groups is 3. The summed E-state index contributed by atoms with van der Waals surface area (Å²) in [5.74, 6) is -1.77. The smallest absolute Gasteiger partial charge is 0.338 e. The van der Waals surface area contributed by atoms with Crippen LogP contribution in [0.15, 0.2) is 35.7 Å². The van der Waals surface area contributed by atoms with Gasteiger partial charge in [-0.3, -0.25) is 9.59 Å². The Kier molecular flexibility index (Phi) is 4.34. The van der Waals surface area contributed by atoms with Gasteiger partial charge in [0.1, 0.15) is 5.00 Å². The summed E-state index contributed by atoms with van der Waals surface area (Å²) in [7, 11) is 0. The molecule has 0 aliphatic carbocycles. The summed E-state index contributed by atoms with van der Waals surface area (Å²) < 4.78 is 0. The molecule has 1 aromatic heterocycles. The summed E-state index contributed by atoms with van der Waals surface area (Å²) in [4.78, 5) is 34.1. The number of hydrogen-bond donors (Lipinski definition) is 3. The van der Waals surface area contributed by atoms with E-state index in [1.807, 2.05) is 0 Å². The van der Waals surface area contributed by atoms with Gasteiger partial charge in [-0.15, -0.1) is 11.3 Å². The molecule has 1 aromatic carbocycles. The molecule has 0 aliphatic rings. The number of hydrogen-bond acceptors (Lipinski definition) is 4. The average Bonchev–Trinajstić information content (AvgIpc) is 2.86. The molecule has 108 valence electrons. The van der Waals surface area contributed by atoms with Crippen LogP contribution >= 0.6 is 11.3 Å². The number of aromatic carboxylic acids is 1. The van der Waals surface area contributed by atoms with Gasteiger partial charge in [-0.25, -0.2) is 4.79 Å². The van der Waals surface area contributed by atoms with Crippen molar-refractivity contribution in [1.29, 1.82) is 0 Å². The SMILES string of the molecule is CC(=O)Nc1cccc(C(=O)Nc2sccc2C(=O)O)c1. The van der Waals surface area contributed by atoms with Gasteiger partial charge in [0.05, 0.1) is 5.56 Å². The molecule has 1 heterocycles. The van der Waals surface area contributed by atoms with E-state index in [2.05, 4.69) is 10.6 Å². The highest BCUT2D eigenvalue weighted by Gasteiger charge is 2.15. The highest BCUT2D eigenvalue weighted by molar-refractivity contribution is 7.14. The second-order valence-corrected chi connectivity index (χ2v) is 5.10. The summed E-state index contributed by atoms with van der Waals surface area (Å²) in [6.07, 6.45) is 0. The second kappa shape index (κ2) is 6.19. The van der Waals surface area contributed by atoms with E-state index < -0.39 is 11.9 Å². The van der Waals surface area contributed by atoms with Crippen molar-refractivity contribution in [2.75, 3.05) is 10.6 Å². The number of carboxylic acid groups (broad SMARTS) is 1. The second-order valence-electron chi connectivity index (χ2n) is 4.18. The van der Waals surface area contributed by atoms with Crippen LogP contribution in [-0.4, -0.2) is 22.9 Å². The molecule has 3 N–H and O–H groups in total. The number of nitrogens with one attached hydrogen (secondary N) is 2. The fourth-order valence-corrected chi connectivity index (χ4v) is 2.47. The Morgan fingerprint density at radius 3 is 2.57 bits per heavy atom. The Balaban J connectivity index is 2.18. The molecule has 21 heavy (non-hydrogen) atoms. The molecular formula is C14H12N2O4S. The van der Waals surface area contributed by atoms with E-state index in [9.17, 15) is 14.4 Å². The lowest BCUT2D eigenvalue weighted by molar-refractivity contribution is -0.114. The number of amides is 2. The van der Waals surface area contributed by atoms with Crippen molar-refractivity contribution in [1.82, 2.24) is 0 Å². The third-order valence-electron chi connectivity index (χ3n) is 2.57. The van der Waals surface area contributed by atoms with E-state index >= 15 is 0 Å². The maximum Gasteiger partial charge on any atom is 0.338 e. The first-order valence-electron chi connectivity index (χ1n) is 5.97. The lowest BCUT2D eigenvalue weighted by atomic mass is 10.2. The Morgan fingerprint density at radius 2 is 1.90 bits per heavy atom. The van der Waals surface area contributed by atoms with Crippen LogP contribution in [0.1, 0.15) is 27.6 Å². The van der Waals surface area contributed by atoms with Crippen LogP contribution in [0, 0.1) is 0 Å². The quantitative estimate of drug-likeness (QED) is 0.809. The minimum Gasteiger partial charge on any atom is -0.478 e.